The van der Waals surface area contributed by atoms with E-state index in [1.165, 1.54) is 0 Å². The first kappa shape index (κ1) is 16.4. The van der Waals surface area contributed by atoms with Gasteiger partial charge in [-0.15, -0.1) is 0 Å². The fourth-order valence-corrected chi connectivity index (χ4v) is 4.64. The second-order valence-electron chi connectivity index (χ2n) is 7.67. The van der Waals surface area contributed by atoms with E-state index in [9.17, 15) is 5.11 Å². The number of aliphatic hydroxyl groups excluding tert-OH is 1. The third-order valence-electron chi connectivity index (χ3n) is 5.98. The molecule has 0 spiro atoms. The molecule has 8 heteroatoms. The van der Waals surface area contributed by atoms with Crippen LogP contribution < -0.4 is 10.2 Å². The van der Waals surface area contributed by atoms with E-state index >= 15 is 0 Å². The van der Waals surface area contributed by atoms with Crippen molar-refractivity contribution in [1.29, 1.82) is 0 Å². The van der Waals surface area contributed by atoms with Crippen molar-refractivity contribution < 1.29 is 5.11 Å². The number of nitrogens with zero attached hydrogens (tertiary/aromatic N) is 6. The summed E-state index contributed by atoms with van der Waals surface area (Å²) in [4.78, 5) is 19.7. The van der Waals surface area contributed by atoms with Crippen LogP contribution in [0.3, 0.4) is 0 Å². The molecule has 27 heavy (non-hydrogen) atoms. The Balaban J connectivity index is 1.35. The van der Waals surface area contributed by atoms with Crippen LogP contribution in [0.4, 0.5) is 11.6 Å². The van der Waals surface area contributed by atoms with Gasteiger partial charge in [0.15, 0.2) is 0 Å². The number of anilines is 2. The predicted octanol–water partition coefficient (Wildman–Crippen LogP) is 1.45. The van der Waals surface area contributed by atoms with E-state index in [4.69, 9.17) is 0 Å². The van der Waals surface area contributed by atoms with Gasteiger partial charge in [-0.1, -0.05) is 0 Å². The number of rotatable bonds is 3. The summed E-state index contributed by atoms with van der Waals surface area (Å²) >= 11 is 0. The molecule has 140 valence electrons. The highest BCUT2D eigenvalue weighted by Gasteiger charge is 2.42. The van der Waals surface area contributed by atoms with Crippen molar-refractivity contribution in [2.45, 2.75) is 25.0 Å². The number of hydrogen-bond acceptors (Lipinski definition) is 7. The van der Waals surface area contributed by atoms with Gasteiger partial charge in [0.05, 0.1) is 23.7 Å². The fraction of sp³-hybridized carbons (Fsp3) is 0.474. The maximum absolute atomic E-state index is 10.7. The Labute approximate surface area is 157 Å². The van der Waals surface area contributed by atoms with Gasteiger partial charge in [-0.2, -0.15) is 0 Å². The first-order valence-corrected chi connectivity index (χ1v) is 9.40. The molecule has 1 saturated heterocycles. The molecule has 0 amide bonds. The Bertz CT molecular complexity index is 944. The number of nitrogens with one attached hydrogen (secondary N) is 1. The van der Waals surface area contributed by atoms with Crippen molar-refractivity contribution in [2.24, 2.45) is 18.9 Å². The molecule has 0 radical (unpaired) electrons. The third-order valence-corrected chi connectivity index (χ3v) is 5.98. The normalized spacial score (nSPS) is 27.7. The van der Waals surface area contributed by atoms with Crippen LogP contribution in [0.15, 0.2) is 37.2 Å². The topological polar surface area (TPSA) is 92.0 Å². The number of hydrogen-bond donors (Lipinski definition) is 2. The van der Waals surface area contributed by atoms with Crippen LogP contribution in [0.25, 0.3) is 11.0 Å². The van der Waals surface area contributed by atoms with Gasteiger partial charge < -0.3 is 19.9 Å². The molecule has 0 bridgehead atoms. The van der Waals surface area contributed by atoms with Gasteiger partial charge in [0.1, 0.15) is 23.6 Å². The standard InChI is InChI=1S/C19H23N7O/c1-25-5-2-14-18(25)22-11-23-19(14)26-9-12-6-15(16(27)7-13(12)10-26)24-17-8-20-3-4-21-17/h2-5,8,11-13,15-16,27H,6-7,9-10H2,1H3,(H,21,24)/t12-,13+,15-,16-/m1/s1. The largest absolute Gasteiger partial charge is 0.391 e. The van der Waals surface area contributed by atoms with Crippen molar-refractivity contribution in [1.82, 2.24) is 24.5 Å². The van der Waals surface area contributed by atoms with Crippen molar-refractivity contribution >= 4 is 22.7 Å². The molecule has 2 fully saturated rings. The molecule has 1 aliphatic carbocycles. The third kappa shape index (κ3) is 2.90. The van der Waals surface area contributed by atoms with Gasteiger partial charge >= 0.3 is 0 Å². The van der Waals surface area contributed by atoms with Crippen molar-refractivity contribution in [3.63, 3.8) is 0 Å². The molecule has 8 nitrogen and oxygen atoms in total. The van der Waals surface area contributed by atoms with E-state index in [-0.39, 0.29) is 12.1 Å². The molecule has 5 rings (SSSR count). The molecule has 1 aliphatic heterocycles. The summed E-state index contributed by atoms with van der Waals surface area (Å²) in [5.41, 5.74) is 0.956. The minimum Gasteiger partial charge on any atom is -0.391 e. The molecule has 0 unspecified atom stereocenters. The second kappa shape index (κ2) is 6.45. The second-order valence-corrected chi connectivity index (χ2v) is 7.67. The highest BCUT2D eigenvalue weighted by molar-refractivity contribution is 5.87. The van der Waals surface area contributed by atoms with Gasteiger partial charge in [0, 0.05) is 38.7 Å². The lowest BCUT2D eigenvalue weighted by molar-refractivity contribution is 0.0737. The molecule has 3 aromatic rings. The average Bonchev–Trinajstić information content (AvgIpc) is 3.26. The van der Waals surface area contributed by atoms with Gasteiger partial charge in [-0.05, 0) is 30.7 Å². The Morgan fingerprint density at radius 1 is 1.11 bits per heavy atom. The van der Waals surface area contributed by atoms with Crippen LogP contribution in [0.5, 0.6) is 0 Å². The van der Waals surface area contributed by atoms with Crippen LogP contribution in [0.2, 0.25) is 0 Å². The minimum atomic E-state index is -0.379. The SMILES string of the molecule is Cn1ccc2c(N3C[C@H]4C[C@@H](Nc5cnccn5)[C@H](O)C[C@H]4C3)ncnc21. The molecule has 0 aromatic carbocycles. The molecular weight excluding hydrogens is 342 g/mol. The monoisotopic (exact) mass is 365 g/mol. The highest BCUT2D eigenvalue weighted by Crippen LogP contribution is 2.40. The average molecular weight is 365 g/mol. The summed E-state index contributed by atoms with van der Waals surface area (Å²) in [5, 5.41) is 15.1. The number of aliphatic hydroxyl groups is 1. The van der Waals surface area contributed by atoms with E-state index in [1.807, 2.05) is 17.8 Å². The molecule has 1 saturated carbocycles. The smallest absolute Gasteiger partial charge is 0.145 e. The number of fused-ring (bicyclic) bond motifs is 2. The minimum absolute atomic E-state index is 0.00467. The summed E-state index contributed by atoms with van der Waals surface area (Å²) in [6.45, 7) is 1.89. The van der Waals surface area contributed by atoms with E-state index in [2.05, 4.69) is 36.2 Å². The van der Waals surface area contributed by atoms with Gasteiger partial charge in [0.25, 0.3) is 0 Å². The fourth-order valence-electron chi connectivity index (χ4n) is 4.64. The Morgan fingerprint density at radius 3 is 2.78 bits per heavy atom. The summed E-state index contributed by atoms with van der Waals surface area (Å²) in [6.07, 6.45) is 10.0. The predicted molar refractivity (Wildman–Crippen MR) is 102 cm³/mol. The highest BCUT2D eigenvalue weighted by atomic mass is 16.3. The van der Waals surface area contributed by atoms with E-state index in [0.717, 1.165) is 48.6 Å². The van der Waals surface area contributed by atoms with Crippen molar-refractivity contribution in [2.75, 3.05) is 23.3 Å². The van der Waals surface area contributed by atoms with E-state index in [0.29, 0.717) is 11.8 Å². The lowest BCUT2D eigenvalue weighted by Crippen LogP contribution is -2.43. The maximum Gasteiger partial charge on any atom is 0.145 e. The molecule has 4 atom stereocenters. The van der Waals surface area contributed by atoms with E-state index in [1.54, 1.807) is 24.9 Å². The zero-order valence-electron chi connectivity index (χ0n) is 15.2. The van der Waals surface area contributed by atoms with Crippen molar-refractivity contribution in [3.8, 4) is 0 Å². The van der Waals surface area contributed by atoms with Crippen LogP contribution in [-0.4, -0.2) is 54.8 Å². The number of aryl methyl sites for hydroxylation is 1. The summed E-state index contributed by atoms with van der Waals surface area (Å²) in [5.74, 6) is 2.73. The van der Waals surface area contributed by atoms with Gasteiger partial charge in [0.2, 0.25) is 0 Å². The summed E-state index contributed by atoms with van der Waals surface area (Å²) < 4.78 is 2.02. The first-order valence-electron chi connectivity index (χ1n) is 9.40. The Morgan fingerprint density at radius 2 is 1.96 bits per heavy atom. The van der Waals surface area contributed by atoms with Crippen LogP contribution >= 0.6 is 0 Å². The Hall–Kier alpha value is -2.74. The zero-order chi connectivity index (χ0) is 18.4. The van der Waals surface area contributed by atoms with Crippen LogP contribution in [-0.2, 0) is 7.05 Å². The van der Waals surface area contributed by atoms with Gasteiger partial charge in [-0.3, -0.25) is 4.98 Å². The lowest BCUT2D eigenvalue weighted by Gasteiger charge is -2.35. The van der Waals surface area contributed by atoms with E-state index < -0.39 is 0 Å². The summed E-state index contributed by atoms with van der Waals surface area (Å²) in [6, 6.07) is 2.09. The quantitative estimate of drug-likeness (QED) is 0.726. The Kier molecular flexibility index (Phi) is 3.93. The van der Waals surface area contributed by atoms with Gasteiger partial charge in [-0.25, -0.2) is 15.0 Å². The molecular formula is C19H23N7O. The lowest BCUT2D eigenvalue weighted by atomic mass is 9.77. The first-order chi connectivity index (χ1) is 13.2. The van der Waals surface area contributed by atoms with Crippen molar-refractivity contribution in [3.05, 3.63) is 37.2 Å². The zero-order valence-corrected chi connectivity index (χ0v) is 15.2. The molecule has 2 N–H and O–H groups in total. The summed E-state index contributed by atoms with van der Waals surface area (Å²) in [7, 11) is 2.00. The molecule has 3 aromatic heterocycles. The van der Waals surface area contributed by atoms with Crippen LogP contribution in [0.1, 0.15) is 12.8 Å². The van der Waals surface area contributed by atoms with Crippen LogP contribution in [0, 0.1) is 11.8 Å². The molecule has 4 heterocycles. The molecule has 2 aliphatic rings. The maximum atomic E-state index is 10.7. The number of aromatic nitrogens is 5.